The van der Waals surface area contributed by atoms with Crippen LogP contribution < -0.4 is 10.6 Å². The number of carbonyl (C=O) groups is 2. The smallest absolute Gasteiger partial charge is 0.253 e. The van der Waals surface area contributed by atoms with Gasteiger partial charge in [-0.1, -0.05) is 71.9 Å². The van der Waals surface area contributed by atoms with Gasteiger partial charge in [0, 0.05) is 5.02 Å². The van der Waals surface area contributed by atoms with Gasteiger partial charge in [0.15, 0.2) is 5.16 Å². The molecule has 7 nitrogen and oxygen atoms in total. The lowest BCUT2D eigenvalue weighted by atomic mass is 10.1. The minimum Gasteiger partial charge on any atom is -0.345 e. The van der Waals surface area contributed by atoms with E-state index in [-0.39, 0.29) is 23.6 Å². The molecule has 0 aliphatic carbocycles. The average molecular weight is 492 g/mol. The highest BCUT2D eigenvalue weighted by Gasteiger charge is 2.17. The first-order chi connectivity index (χ1) is 16.5. The number of hydrogen-bond donors (Lipinski definition) is 2. The van der Waals surface area contributed by atoms with Gasteiger partial charge in [0.2, 0.25) is 5.91 Å². The van der Waals surface area contributed by atoms with E-state index in [1.807, 2.05) is 49.4 Å². The molecule has 2 N–H and O–H groups in total. The normalized spacial score (nSPS) is 11.6. The van der Waals surface area contributed by atoms with Gasteiger partial charge in [0.05, 0.1) is 28.7 Å². The third kappa shape index (κ3) is 5.84. The molecule has 3 aromatic carbocycles. The van der Waals surface area contributed by atoms with Crippen molar-refractivity contribution in [1.29, 1.82) is 0 Å². The molecule has 1 atom stereocenters. The summed E-state index contributed by atoms with van der Waals surface area (Å²) >= 11 is 7.32. The van der Waals surface area contributed by atoms with Gasteiger partial charge in [0.1, 0.15) is 6.33 Å². The van der Waals surface area contributed by atoms with Gasteiger partial charge in [-0.3, -0.25) is 14.2 Å². The second-order valence-corrected chi connectivity index (χ2v) is 8.83. The minimum absolute atomic E-state index is 0.0929. The molecular weight excluding hydrogens is 470 g/mol. The van der Waals surface area contributed by atoms with E-state index in [4.69, 9.17) is 11.6 Å². The second-order valence-electron chi connectivity index (χ2n) is 7.45. The number of para-hydroxylation sites is 1. The monoisotopic (exact) mass is 491 g/mol. The summed E-state index contributed by atoms with van der Waals surface area (Å²) in [6, 6.07) is 23.7. The molecule has 34 heavy (non-hydrogen) atoms. The van der Waals surface area contributed by atoms with Crippen molar-refractivity contribution in [1.82, 2.24) is 20.1 Å². The number of nitrogens with zero attached hydrogens (tertiary/aromatic N) is 3. The zero-order chi connectivity index (χ0) is 23.9. The predicted octanol–water partition coefficient (Wildman–Crippen LogP) is 5.14. The van der Waals surface area contributed by atoms with Crippen molar-refractivity contribution in [3.63, 3.8) is 0 Å². The second kappa shape index (κ2) is 11.0. The summed E-state index contributed by atoms with van der Waals surface area (Å²) in [5.41, 5.74) is 2.64. The lowest BCUT2D eigenvalue weighted by Gasteiger charge is -2.16. The van der Waals surface area contributed by atoms with Crippen LogP contribution in [0.4, 0.5) is 5.69 Å². The Hall–Kier alpha value is -3.62. The van der Waals surface area contributed by atoms with Gasteiger partial charge in [0.25, 0.3) is 5.91 Å². The molecule has 4 aromatic rings. The molecule has 0 radical (unpaired) electrons. The van der Waals surface area contributed by atoms with Crippen LogP contribution in [0.1, 0.15) is 28.9 Å². The van der Waals surface area contributed by atoms with Crippen LogP contribution in [0.2, 0.25) is 5.02 Å². The van der Waals surface area contributed by atoms with Crippen molar-refractivity contribution in [2.75, 3.05) is 11.1 Å². The van der Waals surface area contributed by atoms with Crippen LogP contribution >= 0.6 is 23.4 Å². The first kappa shape index (κ1) is 23.5. The number of benzene rings is 3. The molecule has 0 spiro atoms. The van der Waals surface area contributed by atoms with Crippen LogP contribution in [0.3, 0.4) is 0 Å². The van der Waals surface area contributed by atoms with Crippen molar-refractivity contribution in [3.8, 4) is 5.69 Å². The summed E-state index contributed by atoms with van der Waals surface area (Å²) < 4.78 is 1.76. The number of thioether (sulfide) groups is 1. The largest absolute Gasteiger partial charge is 0.345 e. The Bertz CT molecular complexity index is 1300. The SMILES string of the molecule is CC(NC(=O)c1ccccc1NC(=O)CSc1nncn1-c1cccc(Cl)c1)c1ccccc1. The number of nitrogens with one attached hydrogen (secondary N) is 2. The van der Waals surface area contributed by atoms with E-state index in [0.717, 1.165) is 11.3 Å². The third-order valence-electron chi connectivity index (χ3n) is 5.03. The molecule has 0 fully saturated rings. The van der Waals surface area contributed by atoms with Crippen LogP contribution in [0.5, 0.6) is 0 Å². The topological polar surface area (TPSA) is 88.9 Å². The Morgan fingerprint density at radius 3 is 2.59 bits per heavy atom. The van der Waals surface area contributed by atoms with Crippen LogP contribution in [0.25, 0.3) is 5.69 Å². The zero-order valence-electron chi connectivity index (χ0n) is 18.3. The molecule has 0 bridgehead atoms. The molecule has 4 rings (SSSR count). The predicted molar refractivity (Wildman–Crippen MR) is 134 cm³/mol. The van der Waals surface area contributed by atoms with E-state index in [2.05, 4.69) is 20.8 Å². The summed E-state index contributed by atoms with van der Waals surface area (Å²) in [5.74, 6) is -0.432. The van der Waals surface area contributed by atoms with Crippen LogP contribution in [0, 0.1) is 0 Å². The summed E-state index contributed by atoms with van der Waals surface area (Å²) in [6.45, 7) is 1.92. The number of hydrogen-bond acceptors (Lipinski definition) is 5. The van der Waals surface area contributed by atoms with E-state index < -0.39 is 0 Å². The van der Waals surface area contributed by atoms with Crippen molar-refractivity contribution in [3.05, 3.63) is 101 Å². The third-order valence-corrected chi connectivity index (χ3v) is 6.21. The Morgan fingerprint density at radius 2 is 1.79 bits per heavy atom. The summed E-state index contributed by atoms with van der Waals surface area (Å²) in [4.78, 5) is 25.6. The van der Waals surface area contributed by atoms with Crippen molar-refractivity contribution in [2.45, 2.75) is 18.1 Å². The lowest BCUT2D eigenvalue weighted by molar-refractivity contribution is -0.113. The van der Waals surface area contributed by atoms with Gasteiger partial charge in [-0.15, -0.1) is 10.2 Å². The van der Waals surface area contributed by atoms with E-state index in [1.54, 1.807) is 47.3 Å². The number of amides is 2. The van der Waals surface area contributed by atoms with Crippen molar-refractivity contribution in [2.24, 2.45) is 0 Å². The maximum atomic E-state index is 12.9. The van der Waals surface area contributed by atoms with Gasteiger partial charge in [-0.2, -0.15) is 0 Å². The first-order valence-electron chi connectivity index (χ1n) is 10.5. The molecule has 0 aliphatic rings. The maximum absolute atomic E-state index is 12.9. The molecule has 2 amide bonds. The number of rotatable bonds is 8. The zero-order valence-corrected chi connectivity index (χ0v) is 19.9. The average Bonchev–Trinajstić information content (AvgIpc) is 3.32. The fourth-order valence-electron chi connectivity index (χ4n) is 3.33. The van der Waals surface area contributed by atoms with E-state index in [1.165, 1.54) is 11.8 Å². The van der Waals surface area contributed by atoms with Crippen LogP contribution in [0.15, 0.2) is 90.3 Å². The molecule has 9 heteroatoms. The Kier molecular flexibility index (Phi) is 7.61. The van der Waals surface area contributed by atoms with Crippen LogP contribution in [-0.4, -0.2) is 32.3 Å². The molecule has 172 valence electrons. The van der Waals surface area contributed by atoms with Gasteiger partial charge in [-0.05, 0) is 42.8 Å². The Morgan fingerprint density at radius 1 is 1.03 bits per heavy atom. The van der Waals surface area contributed by atoms with Gasteiger partial charge < -0.3 is 10.6 Å². The van der Waals surface area contributed by atoms with Crippen LogP contribution in [-0.2, 0) is 4.79 Å². The van der Waals surface area contributed by atoms with E-state index in [9.17, 15) is 9.59 Å². The maximum Gasteiger partial charge on any atom is 0.253 e. The number of aromatic nitrogens is 3. The summed E-state index contributed by atoms with van der Waals surface area (Å²) in [6.07, 6.45) is 1.57. The Labute approximate surface area is 206 Å². The molecular formula is C25H22ClN5O2S. The highest BCUT2D eigenvalue weighted by molar-refractivity contribution is 7.99. The molecule has 1 unspecified atom stereocenters. The highest BCUT2D eigenvalue weighted by Crippen LogP contribution is 2.23. The fourth-order valence-corrected chi connectivity index (χ4v) is 4.25. The van der Waals surface area contributed by atoms with E-state index in [0.29, 0.717) is 21.4 Å². The number of carbonyl (C=O) groups excluding carboxylic acids is 2. The standard InChI is InChI=1S/C25H22ClN5O2S/c1-17(18-8-3-2-4-9-18)28-24(33)21-12-5-6-13-22(21)29-23(32)15-34-25-30-27-16-31(25)20-11-7-10-19(26)14-20/h2-14,16-17H,15H2,1H3,(H,28,33)(H,29,32). The van der Waals surface area contributed by atoms with E-state index >= 15 is 0 Å². The number of anilines is 1. The van der Waals surface area contributed by atoms with Gasteiger partial charge in [-0.25, -0.2) is 0 Å². The molecule has 1 heterocycles. The molecule has 0 aliphatic heterocycles. The summed E-state index contributed by atoms with van der Waals surface area (Å²) in [5, 5.41) is 15.0. The van der Waals surface area contributed by atoms with Crippen molar-refractivity contribution >= 4 is 40.9 Å². The minimum atomic E-state index is -0.263. The lowest BCUT2D eigenvalue weighted by Crippen LogP contribution is -2.28. The quantitative estimate of drug-likeness (QED) is 0.333. The fraction of sp³-hybridized carbons (Fsp3) is 0.120. The highest BCUT2D eigenvalue weighted by atomic mass is 35.5. The molecule has 0 saturated carbocycles. The molecule has 1 aromatic heterocycles. The van der Waals surface area contributed by atoms with Crippen molar-refractivity contribution < 1.29 is 9.59 Å². The molecule has 0 saturated heterocycles. The Balaban J connectivity index is 1.40. The van der Waals surface area contributed by atoms with Gasteiger partial charge >= 0.3 is 0 Å². The first-order valence-corrected chi connectivity index (χ1v) is 11.9. The summed E-state index contributed by atoms with van der Waals surface area (Å²) in [7, 11) is 0. The number of halogens is 1.